The van der Waals surface area contributed by atoms with Crippen molar-refractivity contribution in [1.82, 2.24) is 0 Å². The molecule has 0 radical (unpaired) electrons. The summed E-state index contributed by atoms with van der Waals surface area (Å²) in [5.41, 5.74) is 1.63. The number of esters is 1. The van der Waals surface area contributed by atoms with E-state index in [4.69, 9.17) is 18.9 Å². The molecule has 1 unspecified atom stereocenters. The Kier molecular flexibility index (Phi) is 4.61. The number of rotatable bonds is 6. The van der Waals surface area contributed by atoms with Crippen molar-refractivity contribution in [3.63, 3.8) is 0 Å². The number of hydrogen-bond acceptors (Lipinski definition) is 6. The molecule has 0 aliphatic carbocycles. The Labute approximate surface area is 145 Å². The third-order valence-electron chi connectivity index (χ3n) is 4.13. The average molecular weight is 342 g/mol. The highest BCUT2D eigenvalue weighted by Crippen LogP contribution is 2.39. The number of hydrogen-bond donors (Lipinski definition) is 0. The predicted molar refractivity (Wildman–Crippen MR) is 89.6 cm³/mol. The fourth-order valence-corrected chi connectivity index (χ4v) is 2.90. The van der Waals surface area contributed by atoms with Crippen LogP contribution in [0.5, 0.6) is 17.2 Å². The smallest absolute Gasteiger partial charge is 0.339 e. The van der Waals surface area contributed by atoms with Gasteiger partial charge in [0.15, 0.2) is 17.3 Å². The van der Waals surface area contributed by atoms with Crippen LogP contribution in [-0.4, -0.2) is 33.1 Å². The number of cyclic esters (lactones) is 1. The first-order valence-electron chi connectivity index (χ1n) is 7.72. The van der Waals surface area contributed by atoms with Crippen molar-refractivity contribution in [2.75, 3.05) is 21.3 Å². The van der Waals surface area contributed by atoms with Gasteiger partial charge in [-0.2, -0.15) is 0 Å². The molecule has 6 heteroatoms. The van der Waals surface area contributed by atoms with E-state index >= 15 is 0 Å². The van der Waals surface area contributed by atoms with Crippen LogP contribution < -0.4 is 14.2 Å². The molecule has 0 saturated heterocycles. The molecule has 0 saturated carbocycles. The van der Waals surface area contributed by atoms with Gasteiger partial charge in [-0.05, 0) is 18.2 Å². The Bertz CT molecular complexity index is 801. The van der Waals surface area contributed by atoms with E-state index in [1.807, 2.05) is 6.07 Å². The highest BCUT2D eigenvalue weighted by molar-refractivity contribution is 5.99. The Balaban J connectivity index is 1.89. The van der Waals surface area contributed by atoms with Gasteiger partial charge < -0.3 is 18.9 Å². The summed E-state index contributed by atoms with van der Waals surface area (Å²) in [6, 6.07) is 10.3. The highest BCUT2D eigenvalue weighted by atomic mass is 16.5. The molecule has 0 amide bonds. The van der Waals surface area contributed by atoms with Crippen LogP contribution in [0.15, 0.2) is 36.4 Å². The van der Waals surface area contributed by atoms with Crippen LogP contribution in [0.4, 0.5) is 0 Å². The molecule has 0 spiro atoms. The first-order chi connectivity index (χ1) is 12.1. The van der Waals surface area contributed by atoms with E-state index in [2.05, 4.69) is 0 Å². The number of carbonyl (C=O) groups excluding carboxylic acids is 2. The SMILES string of the molecule is COc1cc(C(=O)CC2OC(=O)c3ccccc32)cc(OC)c1OC. The van der Waals surface area contributed by atoms with Crippen LogP contribution in [0, 0.1) is 0 Å². The number of Topliss-reactive ketones (excluding diaryl/α,β-unsaturated/α-hetero) is 1. The van der Waals surface area contributed by atoms with Crippen LogP contribution in [-0.2, 0) is 4.74 Å². The fraction of sp³-hybridized carbons (Fsp3) is 0.263. The van der Waals surface area contributed by atoms with E-state index < -0.39 is 12.1 Å². The van der Waals surface area contributed by atoms with Crippen molar-refractivity contribution in [3.05, 3.63) is 53.1 Å². The van der Waals surface area contributed by atoms with Crippen LogP contribution in [0.2, 0.25) is 0 Å². The largest absolute Gasteiger partial charge is 0.493 e. The lowest BCUT2D eigenvalue weighted by atomic mass is 9.98. The molecule has 25 heavy (non-hydrogen) atoms. The van der Waals surface area contributed by atoms with E-state index in [9.17, 15) is 9.59 Å². The normalized spacial score (nSPS) is 15.3. The molecule has 0 N–H and O–H groups in total. The molecule has 1 aliphatic rings. The summed E-state index contributed by atoms with van der Waals surface area (Å²) in [5, 5.41) is 0. The fourth-order valence-electron chi connectivity index (χ4n) is 2.90. The predicted octanol–water partition coefficient (Wildman–Crippen LogP) is 3.20. The lowest BCUT2D eigenvalue weighted by Crippen LogP contribution is -2.08. The van der Waals surface area contributed by atoms with Crippen molar-refractivity contribution >= 4 is 11.8 Å². The minimum Gasteiger partial charge on any atom is -0.493 e. The Morgan fingerprint density at radius 1 is 1.04 bits per heavy atom. The van der Waals surface area contributed by atoms with E-state index in [0.717, 1.165) is 5.56 Å². The maximum atomic E-state index is 12.7. The Morgan fingerprint density at radius 3 is 2.28 bits per heavy atom. The minimum absolute atomic E-state index is 0.0430. The van der Waals surface area contributed by atoms with Gasteiger partial charge >= 0.3 is 5.97 Å². The monoisotopic (exact) mass is 342 g/mol. The molecule has 0 aromatic heterocycles. The number of benzene rings is 2. The zero-order valence-corrected chi connectivity index (χ0v) is 14.2. The molecule has 1 atom stereocenters. The number of ether oxygens (including phenoxy) is 4. The van der Waals surface area contributed by atoms with Crippen molar-refractivity contribution in [1.29, 1.82) is 0 Å². The lowest BCUT2D eigenvalue weighted by Gasteiger charge is -2.15. The maximum absolute atomic E-state index is 12.7. The Hall–Kier alpha value is -3.02. The van der Waals surface area contributed by atoms with Gasteiger partial charge in [0.1, 0.15) is 6.10 Å². The number of fused-ring (bicyclic) bond motifs is 1. The second-order valence-corrected chi connectivity index (χ2v) is 5.52. The third kappa shape index (κ3) is 3.03. The standard InChI is InChI=1S/C19H18O6/c1-22-16-8-11(9-17(23-2)18(16)24-3)14(20)10-15-12-6-4-5-7-13(12)19(21)25-15/h4-9,15H,10H2,1-3H3. The average Bonchev–Trinajstić information content (AvgIpc) is 2.96. The van der Waals surface area contributed by atoms with Crippen LogP contribution in [0.25, 0.3) is 0 Å². The van der Waals surface area contributed by atoms with Crippen molar-refractivity contribution < 1.29 is 28.5 Å². The lowest BCUT2D eigenvalue weighted by molar-refractivity contribution is 0.0367. The number of methoxy groups -OCH3 is 3. The molecule has 130 valence electrons. The number of ketones is 1. The van der Waals surface area contributed by atoms with E-state index in [1.54, 1.807) is 30.3 Å². The quantitative estimate of drug-likeness (QED) is 0.593. The van der Waals surface area contributed by atoms with Gasteiger partial charge in [0.05, 0.1) is 33.3 Å². The molecule has 2 aromatic carbocycles. The molecule has 2 aromatic rings. The summed E-state index contributed by atoms with van der Waals surface area (Å²) in [5.74, 6) is 0.620. The molecule has 6 nitrogen and oxygen atoms in total. The van der Waals surface area contributed by atoms with Crippen LogP contribution in [0.3, 0.4) is 0 Å². The second-order valence-electron chi connectivity index (χ2n) is 5.52. The molecule has 1 aliphatic heterocycles. The van der Waals surface area contributed by atoms with Gasteiger partial charge in [-0.15, -0.1) is 0 Å². The summed E-state index contributed by atoms with van der Waals surface area (Å²) in [4.78, 5) is 24.6. The van der Waals surface area contributed by atoms with Gasteiger partial charge in [0.25, 0.3) is 0 Å². The van der Waals surface area contributed by atoms with Crippen molar-refractivity contribution in [2.45, 2.75) is 12.5 Å². The van der Waals surface area contributed by atoms with E-state index in [0.29, 0.717) is 28.4 Å². The van der Waals surface area contributed by atoms with Gasteiger partial charge in [-0.3, -0.25) is 4.79 Å². The summed E-state index contributed by atoms with van der Waals surface area (Å²) >= 11 is 0. The van der Waals surface area contributed by atoms with Gasteiger partial charge in [-0.25, -0.2) is 4.79 Å². The van der Waals surface area contributed by atoms with Crippen LogP contribution in [0.1, 0.15) is 38.8 Å². The van der Waals surface area contributed by atoms with E-state index in [1.165, 1.54) is 21.3 Å². The first-order valence-corrected chi connectivity index (χ1v) is 7.72. The Morgan fingerprint density at radius 2 is 1.68 bits per heavy atom. The minimum atomic E-state index is -0.588. The van der Waals surface area contributed by atoms with Crippen LogP contribution >= 0.6 is 0 Å². The summed E-state index contributed by atoms with van der Waals surface area (Å²) in [7, 11) is 4.47. The van der Waals surface area contributed by atoms with Crippen molar-refractivity contribution in [3.8, 4) is 17.2 Å². The highest BCUT2D eigenvalue weighted by Gasteiger charge is 2.32. The van der Waals surface area contributed by atoms with E-state index in [-0.39, 0.29) is 12.2 Å². The van der Waals surface area contributed by atoms with Gasteiger partial charge in [-0.1, -0.05) is 18.2 Å². The topological polar surface area (TPSA) is 71.1 Å². The molecular weight excluding hydrogens is 324 g/mol. The molecule has 3 rings (SSSR count). The molecule has 0 fully saturated rings. The van der Waals surface area contributed by atoms with Gasteiger partial charge in [0.2, 0.25) is 5.75 Å². The molecule has 0 bridgehead atoms. The summed E-state index contributed by atoms with van der Waals surface area (Å²) < 4.78 is 21.1. The summed E-state index contributed by atoms with van der Waals surface area (Å²) in [6.07, 6.45) is -0.545. The first kappa shape index (κ1) is 16.8. The molecule has 1 heterocycles. The van der Waals surface area contributed by atoms with Gasteiger partial charge in [0, 0.05) is 11.1 Å². The zero-order chi connectivity index (χ0) is 18.0. The summed E-state index contributed by atoms with van der Waals surface area (Å²) in [6.45, 7) is 0. The molecular formula is C19H18O6. The van der Waals surface area contributed by atoms with Crippen molar-refractivity contribution in [2.24, 2.45) is 0 Å². The zero-order valence-electron chi connectivity index (χ0n) is 14.2. The third-order valence-corrected chi connectivity index (χ3v) is 4.13. The number of carbonyl (C=O) groups is 2. The maximum Gasteiger partial charge on any atom is 0.339 e. The second kappa shape index (κ2) is 6.84.